The second-order valence-electron chi connectivity index (χ2n) is 5.83. The first-order valence-corrected chi connectivity index (χ1v) is 5.62. The molecule has 0 heterocycles. The average Bonchev–Trinajstić information content (AvgIpc) is 2.07. The van der Waals surface area contributed by atoms with Crippen LogP contribution in [0.5, 0.6) is 0 Å². The third-order valence-corrected chi connectivity index (χ3v) is 5.27. The van der Waals surface area contributed by atoms with Crippen molar-refractivity contribution in [2.75, 3.05) is 0 Å². The van der Waals surface area contributed by atoms with Crippen LogP contribution in [0.1, 0.15) is 46.5 Å². The van der Waals surface area contributed by atoms with Crippen LogP contribution in [0.4, 0.5) is 0 Å². The number of carboxylic acid groups (broad SMARTS) is 1. The summed E-state index contributed by atoms with van der Waals surface area (Å²) < 4.78 is 0. The van der Waals surface area contributed by atoms with Gasteiger partial charge in [0.1, 0.15) is 0 Å². The largest absolute Gasteiger partial charge is 0.481 e. The van der Waals surface area contributed by atoms with Crippen molar-refractivity contribution in [3.63, 3.8) is 0 Å². The fraction of sp³-hybridized carbons (Fsp3) is 0.917. The Morgan fingerprint density at radius 1 is 1.43 bits per heavy atom. The molecule has 2 heteroatoms. The van der Waals surface area contributed by atoms with E-state index < -0.39 is 5.97 Å². The number of hydrogen-bond acceptors (Lipinski definition) is 1. The average molecular weight is 196 g/mol. The van der Waals surface area contributed by atoms with Gasteiger partial charge >= 0.3 is 5.97 Å². The van der Waals surface area contributed by atoms with Crippen LogP contribution in [0.2, 0.25) is 0 Å². The van der Waals surface area contributed by atoms with Gasteiger partial charge in [-0.2, -0.15) is 0 Å². The Labute approximate surface area is 85.7 Å². The Hall–Kier alpha value is -0.530. The summed E-state index contributed by atoms with van der Waals surface area (Å²) in [5.41, 5.74) is 0.352. The number of hydrogen-bond donors (Lipinski definition) is 1. The topological polar surface area (TPSA) is 37.3 Å². The minimum Gasteiger partial charge on any atom is -0.481 e. The van der Waals surface area contributed by atoms with Crippen molar-refractivity contribution in [2.24, 2.45) is 22.7 Å². The highest BCUT2D eigenvalue weighted by Gasteiger charge is 2.64. The summed E-state index contributed by atoms with van der Waals surface area (Å²) in [5.74, 6) is 0.738. The fourth-order valence-electron chi connectivity index (χ4n) is 4.00. The van der Waals surface area contributed by atoms with Gasteiger partial charge in [0.15, 0.2) is 0 Å². The lowest BCUT2D eigenvalue weighted by atomic mass is 9.36. The summed E-state index contributed by atoms with van der Waals surface area (Å²) in [7, 11) is 0. The summed E-state index contributed by atoms with van der Waals surface area (Å²) >= 11 is 0. The molecular formula is C12H20O2. The van der Waals surface area contributed by atoms with Gasteiger partial charge in [-0.25, -0.2) is 0 Å². The minimum absolute atomic E-state index is 0.0990. The molecular weight excluding hydrogens is 176 g/mol. The van der Waals surface area contributed by atoms with Crippen LogP contribution in [-0.4, -0.2) is 11.1 Å². The Balaban J connectivity index is 2.26. The quantitative estimate of drug-likeness (QED) is 0.737. The molecule has 0 amide bonds. The van der Waals surface area contributed by atoms with Crippen molar-refractivity contribution in [3.8, 4) is 0 Å². The molecule has 14 heavy (non-hydrogen) atoms. The maximum atomic E-state index is 10.9. The van der Waals surface area contributed by atoms with E-state index in [-0.39, 0.29) is 10.8 Å². The molecule has 0 spiro atoms. The molecule has 0 radical (unpaired) electrons. The van der Waals surface area contributed by atoms with Gasteiger partial charge < -0.3 is 5.11 Å². The molecule has 3 fully saturated rings. The van der Waals surface area contributed by atoms with E-state index in [2.05, 4.69) is 20.8 Å². The van der Waals surface area contributed by atoms with Crippen LogP contribution >= 0.6 is 0 Å². The van der Waals surface area contributed by atoms with Gasteiger partial charge in [0.2, 0.25) is 0 Å². The second-order valence-corrected chi connectivity index (χ2v) is 5.83. The van der Waals surface area contributed by atoms with Gasteiger partial charge in [-0.05, 0) is 41.9 Å². The second kappa shape index (κ2) is 2.74. The molecule has 2 nitrogen and oxygen atoms in total. The van der Waals surface area contributed by atoms with E-state index in [0.29, 0.717) is 12.3 Å². The number of carbonyl (C=O) groups is 1. The SMILES string of the molecule is CC1CCC2CC1(CC(=O)O)C2(C)C. The molecule has 2 bridgehead atoms. The number of fused-ring (bicyclic) bond motifs is 2. The summed E-state index contributed by atoms with van der Waals surface area (Å²) in [6.45, 7) is 6.76. The Morgan fingerprint density at radius 3 is 2.50 bits per heavy atom. The van der Waals surface area contributed by atoms with Crippen LogP contribution in [-0.2, 0) is 4.79 Å². The van der Waals surface area contributed by atoms with Gasteiger partial charge in [0.05, 0.1) is 6.42 Å². The number of rotatable bonds is 2. The zero-order valence-corrected chi connectivity index (χ0v) is 9.34. The van der Waals surface area contributed by atoms with E-state index in [9.17, 15) is 4.79 Å². The van der Waals surface area contributed by atoms with E-state index in [4.69, 9.17) is 5.11 Å². The van der Waals surface area contributed by atoms with Crippen LogP contribution < -0.4 is 0 Å². The fourth-order valence-corrected chi connectivity index (χ4v) is 4.00. The molecule has 0 aliphatic heterocycles. The normalized spacial score (nSPS) is 44.2. The molecule has 0 aromatic carbocycles. The van der Waals surface area contributed by atoms with Gasteiger partial charge in [-0.3, -0.25) is 4.79 Å². The number of carboxylic acids is 1. The summed E-state index contributed by atoms with van der Waals surface area (Å²) in [6.07, 6.45) is 4.04. The van der Waals surface area contributed by atoms with Gasteiger partial charge in [-0.1, -0.05) is 20.8 Å². The predicted molar refractivity (Wildman–Crippen MR) is 55.0 cm³/mol. The molecule has 0 saturated heterocycles. The van der Waals surface area contributed by atoms with Crippen molar-refractivity contribution in [1.29, 1.82) is 0 Å². The first-order chi connectivity index (χ1) is 6.40. The maximum absolute atomic E-state index is 10.9. The molecule has 3 aliphatic carbocycles. The minimum atomic E-state index is -0.620. The summed E-state index contributed by atoms with van der Waals surface area (Å²) in [6, 6.07) is 0. The van der Waals surface area contributed by atoms with Crippen LogP contribution in [0.15, 0.2) is 0 Å². The van der Waals surface area contributed by atoms with Crippen molar-refractivity contribution < 1.29 is 9.90 Å². The van der Waals surface area contributed by atoms with Crippen molar-refractivity contribution in [1.82, 2.24) is 0 Å². The molecule has 3 atom stereocenters. The van der Waals surface area contributed by atoms with E-state index in [1.165, 1.54) is 12.8 Å². The predicted octanol–water partition coefficient (Wildman–Crippen LogP) is 2.92. The molecule has 0 aromatic rings. The van der Waals surface area contributed by atoms with Crippen molar-refractivity contribution in [3.05, 3.63) is 0 Å². The summed E-state index contributed by atoms with van der Waals surface area (Å²) in [4.78, 5) is 10.9. The van der Waals surface area contributed by atoms with Crippen molar-refractivity contribution >= 4 is 5.97 Å². The molecule has 0 aromatic heterocycles. The lowest BCUT2D eigenvalue weighted by Gasteiger charge is -2.68. The lowest BCUT2D eigenvalue weighted by Crippen LogP contribution is -2.62. The van der Waals surface area contributed by atoms with E-state index >= 15 is 0 Å². The highest BCUT2D eigenvalue weighted by atomic mass is 16.4. The van der Waals surface area contributed by atoms with Crippen LogP contribution in [0.3, 0.4) is 0 Å². The number of aliphatic carboxylic acids is 1. The third kappa shape index (κ3) is 0.999. The molecule has 1 N–H and O–H groups in total. The van der Waals surface area contributed by atoms with Crippen LogP contribution in [0.25, 0.3) is 0 Å². The summed E-state index contributed by atoms with van der Waals surface area (Å²) in [5, 5.41) is 9.01. The molecule has 3 unspecified atom stereocenters. The first kappa shape index (κ1) is 10.0. The van der Waals surface area contributed by atoms with E-state index in [1.54, 1.807) is 0 Å². The van der Waals surface area contributed by atoms with E-state index in [1.807, 2.05) is 0 Å². The lowest BCUT2D eigenvalue weighted by molar-refractivity contribution is -0.205. The smallest absolute Gasteiger partial charge is 0.303 e. The maximum Gasteiger partial charge on any atom is 0.303 e. The highest BCUT2D eigenvalue weighted by Crippen LogP contribution is 2.71. The highest BCUT2D eigenvalue weighted by molar-refractivity contribution is 5.68. The standard InChI is InChI=1S/C12H20O2/c1-8-4-5-9-6-12(8,7-10(13)14)11(9,2)3/h8-9H,4-7H2,1-3H3,(H,13,14). The monoisotopic (exact) mass is 196 g/mol. The zero-order valence-electron chi connectivity index (χ0n) is 9.34. The molecule has 3 saturated carbocycles. The molecule has 3 aliphatic rings. The Kier molecular flexibility index (Phi) is 1.96. The van der Waals surface area contributed by atoms with Gasteiger partial charge in [0.25, 0.3) is 0 Å². The van der Waals surface area contributed by atoms with Crippen LogP contribution in [0, 0.1) is 22.7 Å². The van der Waals surface area contributed by atoms with Gasteiger partial charge in [-0.15, -0.1) is 0 Å². The first-order valence-electron chi connectivity index (χ1n) is 5.62. The Bertz CT molecular complexity index is 269. The van der Waals surface area contributed by atoms with Gasteiger partial charge in [0, 0.05) is 0 Å². The zero-order chi connectivity index (χ0) is 10.6. The third-order valence-electron chi connectivity index (χ3n) is 5.27. The molecule has 80 valence electrons. The van der Waals surface area contributed by atoms with Crippen molar-refractivity contribution in [2.45, 2.75) is 46.5 Å². The molecule has 3 rings (SSSR count). The van der Waals surface area contributed by atoms with E-state index in [0.717, 1.165) is 12.3 Å². The Morgan fingerprint density at radius 2 is 2.07 bits per heavy atom.